The van der Waals surface area contributed by atoms with Crippen molar-refractivity contribution < 1.29 is 0 Å². The van der Waals surface area contributed by atoms with Gasteiger partial charge in [-0.15, -0.1) is 24.8 Å². The lowest BCUT2D eigenvalue weighted by atomic mass is 10.2. The number of hydrogen-bond acceptors (Lipinski definition) is 1. The van der Waals surface area contributed by atoms with E-state index in [0.717, 1.165) is 0 Å². The van der Waals surface area contributed by atoms with Crippen molar-refractivity contribution in [3.05, 3.63) is 35.9 Å². The molecule has 1 nitrogen and oxygen atoms in total. The van der Waals surface area contributed by atoms with Crippen molar-refractivity contribution in [3.8, 4) is 0 Å². The van der Waals surface area contributed by atoms with Crippen LogP contribution >= 0.6 is 24.8 Å². The van der Waals surface area contributed by atoms with Crippen molar-refractivity contribution in [2.24, 2.45) is 5.73 Å². The van der Waals surface area contributed by atoms with E-state index in [-0.39, 0.29) is 24.8 Å². The molecule has 0 aliphatic heterocycles. The highest BCUT2D eigenvalue weighted by atomic mass is 35.5. The van der Waals surface area contributed by atoms with Gasteiger partial charge in [-0.2, -0.15) is 0 Å². The van der Waals surface area contributed by atoms with Crippen LogP contribution in [0.2, 0.25) is 0 Å². The molecule has 0 radical (unpaired) electrons. The van der Waals surface area contributed by atoms with Crippen molar-refractivity contribution >= 4 is 24.8 Å². The Kier molecular flexibility index (Phi) is 8.55. The number of hydrogen-bond donors (Lipinski definition) is 1. The first-order valence-corrected chi connectivity index (χ1v) is 2.67. The summed E-state index contributed by atoms with van der Waals surface area (Å²) in [6, 6.07) is 9.99. The fraction of sp³-hybridized carbons (Fsp3) is 0.143. The van der Waals surface area contributed by atoms with E-state index in [2.05, 4.69) is 0 Å². The average Bonchev–Trinajstić information content (AvgIpc) is 1.90. The van der Waals surface area contributed by atoms with Gasteiger partial charge in [0.15, 0.2) is 0 Å². The molecule has 58 valence electrons. The third kappa shape index (κ3) is 3.72. The Morgan fingerprint density at radius 1 is 1.00 bits per heavy atom. The molecule has 0 fully saturated rings. The van der Waals surface area contributed by atoms with E-state index in [1.165, 1.54) is 5.56 Å². The molecule has 0 spiro atoms. The smallest absolute Gasteiger partial charge is 0.0178 e. The lowest BCUT2D eigenvalue weighted by Crippen LogP contribution is -1.94. The summed E-state index contributed by atoms with van der Waals surface area (Å²) in [7, 11) is 0. The second kappa shape index (κ2) is 6.87. The molecule has 0 saturated heterocycles. The maximum Gasteiger partial charge on any atom is 0.0178 e. The minimum absolute atomic E-state index is 0. The Morgan fingerprint density at radius 3 is 1.80 bits per heavy atom. The molecule has 0 aliphatic rings. The first kappa shape index (κ1) is 12.4. The maximum atomic E-state index is 5.35. The topological polar surface area (TPSA) is 26.0 Å². The van der Waals surface area contributed by atoms with E-state index < -0.39 is 0 Å². The molecular formula is C7H11Cl2N. The zero-order chi connectivity index (χ0) is 5.82. The van der Waals surface area contributed by atoms with Crippen molar-refractivity contribution in [2.75, 3.05) is 0 Å². The second-order valence-corrected chi connectivity index (χ2v) is 1.69. The molecule has 0 atom stereocenters. The highest BCUT2D eigenvalue weighted by molar-refractivity contribution is 5.85. The van der Waals surface area contributed by atoms with Gasteiger partial charge in [0.25, 0.3) is 0 Å². The van der Waals surface area contributed by atoms with Crippen LogP contribution in [0.3, 0.4) is 0 Å². The normalized spacial score (nSPS) is 7.30. The summed E-state index contributed by atoms with van der Waals surface area (Å²) in [6.45, 7) is 0.640. The first-order chi connectivity index (χ1) is 3.93. The molecule has 0 aromatic heterocycles. The summed E-state index contributed by atoms with van der Waals surface area (Å²) in [5, 5.41) is 0. The Bertz CT molecular complexity index is 153. The van der Waals surface area contributed by atoms with E-state index in [1.54, 1.807) is 0 Å². The molecule has 1 rings (SSSR count). The predicted molar refractivity (Wildman–Crippen MR) is 48.8 cm³/mol. The van der Waals surface area contributed by atoms with E-state index in [4.69, 9.17) is 5.73 Å². The van der Waals surface area contributed by atoms with Gasteiger partial charge in [-0.3, -0.25) is 0 Å². The number of rotatable bonds is 1. The third-order valence-electron chi connectivity index (χ3n) is 1.08. The quantitative estimate of drug-likeness (QED) is 0.702. The fourth-order valence-electron chi connectivity index (χ4n) is 0.614. The lowest BCUT2D eigenvalue weighted by Gasteiger charge is -1.90. The van der Waals surface area contributed by atoms with Gasteiger partial charge in [0.2, 0.25) is 0 Å². The highest BCUT2D eigenvalue weighted by Gasteiger charge is 1.80. The fourth-order valence-corrected chi connectivity index (χ4v) is 0.614. The molecule has 0 aliphatic carbocycles. The van der Waals surface area contributed by atoms with E-state index in [1.807, 2.05) is 30.3 Å². The number of benzene rings is 1. The maximum absolute atomic E-state index is 5.35. The zero-order valence-corrected chi connectivity index (χ0v) is 7.12. The summed E-state index contributed by atoms with van der Waals surface area (Å²) in [5.74, 6) is 0. The van der Waals surface area contributed by atoms with Crippen LogP contribution < -0.4 is 5.73 Å². The molecule has 0 amide bonds. The lowest BCUT2D eigenvalue weighted by molar-refractivity contribution is 1.07. The van der Waals surface area contributed by atoms with Gasteiger partial charge in [-0.05, 0) is 5.56 Å². The van der Waals surface area contributed by atoms with Crippen molar-refractivity contribution in [2.45, 2.75) is 6.54 Å². The summed E-state index contributed by atoms with van der Waals surface area (Å²) < 4.78 is 0. The second-order valence-electron chi connectivity index (χ2n) is 1.69. The van der Waals surface area contributed by atoms with Crippen molar-refractivity contribution in [3.63, 3.8) is 0 Å². The zero-order valence-electron chi connectivity index (χ0n) is 5.49. The van der Waals surface area contributed by atoms with Gasteiger partial charge in [0, 0.05) is 6.54 Å². The number of nitrogens with two attached hydrogens (primary N) is 1. The highest BCUT2D eigenvalue weighted by Crippen LogP contribution is 1.94. The van der Waals surface area contributed by atoms with E-state index in [9.17, 15) is 0 Å². The molecule has 0 saturated carbocycles. The van der Waals surface area contributed by atoms with Crippen LogP contribution in [-0.4, -0.2) is 0 Å². The third-order valence-corrected chi connectivity index (χ3v) is 1.08. The van der Waals surface area contributed by atoms with Gasteiger partial charge < -0.3 is 5.73 Å². The van der Waals surface area contributed by atoms with Crippen LogP contribution in [0.4, 0.5) is 0 Å². The van der Waals surface area contributed by atoms with Gasteiger partial charge in [0.05, 0.1) is 0 Å². The molecule has 2 N–H and O–H groups in total. The minimum atomic E-state index is 0. The van der Waals surface area contributed by atoms with Gasteiger partial charge in [-0.25, -0.2) is 0 Å². The Labute approximate surface area is 73.4 Å². The Balaban J connectivity index is 0. The molecule has 3 heteroatoms. The van der Waals surface area contributed by atoms with Gasteiger partial charge in [-0.1, -0.05) is 30.3 Å². The molecule has 10 heavy (non-hydrogen) atoms. The van der Waals surface area contributed by atoms with Crippen LogP contribution in [0.15, 0.2) is 30.3 Å². The molecular weight excluding hydrogens is 169 g/mol. The predicted octanol–water partition coefficient (Wildman–Crippen LogP) is 1.99. The van der Waals surface area contributed by atoms with Crippen LogP contribution in [0, 0.1) is 0 Å². The van der Waals surface area contributed by atoms with E-state index in [0.29, 0.717) is 6.54 Å². The monoisotopic (exact) mass is 179 g/mol. The van der Waals surface area contributed by atoms with Crippen LogP contribution in [0.25, 0.3) is 0 Å². The van der Waals surface area contributed by atoms with Gasteiger partial charge in [0.1, 0.15) is 0 Å². The van der Waals surface area contributed by atoms with Crippen LogP contribution in [0.5, 0.6) is 0 Å². The average molecular weight is 180 g/mol. The van der Waals surface area contributed by atoms with Crippen LogP contribution in [0.1, 0.15) is 5.56 Å². The number of halogens is 2. The van der Waals surface area contributed by atoms with Crippen LogP contribution in [-0.2, 0) is 6.54 Å². The van der Waals surface area contributed by atoms with Crippen molar-refractivity contribution in [1.82, 2.24) is 0 Å². The molecule has 0 heterocycles. The standard InChI is InChI=1S/C7H9N.2ClH/c8-6-7-4-2-1-3-5-7;;/h1-5H,6,8H2;2*1H. The minimum Gasteiger partial charge on any atom is -0.326 e. The Hall–Kier alpha value is -0.240. The van der Waals surface area contributed by atoms with Crippen molar-refractivity contribution in [1.29, 1.82) is 0 Å². The summed E-state index contributed by atoms with van der Waals surface area (Å²) in [5.41, 5.74) is 6.54. The van der Waals surface area contributed by atoms with E-state index >= 15 is 0 Å². The largest absolute Gasteiger partial charge is 0.326 e. The first-order valence-electron chi connectivity index (χ1n) is 2.67. The molecule has 0 unspecified atom stereocenters. The summed E-state index contributed by atoms with van der Waals surface area (Å²) in [4.78, 5) is 0. The SMILES string of the molecule is Cl.Cl.NCc1ccccc1. The van der Waals surface area contributed by atoms with Gasteiger partial charge >= 0.3 is 0 Å². The summed E-state index contributed by atoms with van der Waals surface area (Å²) >= 11 is 0. The molecule has 1 aromatic carbocycles. The molecule has 0 bridgehead atoms. The molecule has 1 aromatic rings. The summed E-state index contributed by atoms with van der Waals surface area (Å²) in [6.07, 6.45) is 0. The Morgan fingerprint density at radius 2 is 1.50 bits per heavy atom.